The molecule has 1 aromatic heterocycles. The van der Waals surface area contributed by atoms with E-state index >= 15 is 0 Å². The predicted molar refractivity (Wildman–Crippen MR) is 62.7 cm³/mol. The molecule has 1 heterocycles. The third-order valence-electron chi connectivity index (χ3n) is 3.37. The average Bonchev–Trinajstić information content (AvgIpc) is 2.63. The van der Waals surface area contributed by atoms with Gasteiger partial charge in [0.05, 0.1) is 0 Å². The van der Waals surface area contributed by atoms with Crippen molar-refractivity contribution >= 4 is 11.3 Å². The van der Waals surface area contributed by atoms with Crippen LogP contribution >= 0.6 is 11.3 Å². The second-order valence-corrected chi connectivity index (χ2v) is 5.76. The van der Waals surface area contributed by atoms with Gasteiger partial charge in [-0.15, -0.1) is 11.3 Å². The van der Waals surface area contributed by atoms with Crippen LogP contribution in [0.15, 0.2) is 17.5 Å². The second-order valence-electron chi connectivity index (χ2n) is 4.78. The van der Waals surface area contributed by atoms with Gasteiger partial charge in [-0.2, -0.15) is 0 Å². The van der Waals surface area contributed by atoms with Crippen LogP contribution in [0.2, 0.25) is 0 Å². The minimum atomic E-state index is 0.521. The van der Waals surface area contributed by atoms with Gasteiger partial charge < -0.3 is 5.32 Å². The van der Waals surface area contributed by atoms with Crippen LogP contribution in [0, 0.1) is 5.41 Å². The van der Waals surface area contributed by atoms with Gasteiger partial charge in [0, 0.05) is 17.5 Å². The van der Waals surface area contributed by atoms with Crippen LogP contribution in [0.1, 0.15) is 44.0 Å². The van der Waals surface area contributed by atoms with Crippen molar-refractivity contribution in [3.05, 3.63) is 22.4 Å². The van der Waals surface area contributed by atoms with Crippen LogP contribution in [-0.2, 0) is 0 Å². The third kappa shape index (κ3) is 2.18. The molecule has 1 N–H and O–H groups in total. The molecule has 2 heteroatoms. The highest BCUT2D eigenvalue weighted by molar-refractivity contribution is 7.10. The van der Waals surface area contributed by atoms with E-state index in [9.17, 15) is 0 Å². The van der Waals surface area contributed by atoms with Crippen LogP contribution < -0.4 is 5.32 Å². The Morgan fingerprint density at radius 2 is 2.36 bits per heavy atom. The zero-order chi connectivity index (χ0) is 10.0. The van der Waals surface area contributed by atoms with Crippen molar-refractivity contribution in [3.63, 3.8) is 0 Å². The third-order valence-corrected chi connectivity index (χ3v) is 4.42. The molecule has 0 saturated heterocycles. The fourth-order valence-corrected chi connectivity index (χ4v) is 2.75. The first-order valence-electron chi connectivity index (χ1n) is 5.46. The van der Waals surface area contributed by atoms with Crippen molar-refractivity contribution in [1.82, 2.24) is 5.32 Å². The van der Waals surface area contributed by atoms with Crippen LogP contribution in [-0.4, -0.2) is 6.54 Å². The average molecular weight is 209 g/mol. The Balaban J connectivity index is 1.80. The molecule has 1 fully saturated rings. The number of hydrogen-bond acceptors (Lipinski definition) is 2. The summed E-state index contributed by atoms with van der Waals surface area (Å²) in [6, 6.07) is 4.86. The van der Waals surface area contributed by atoms with Gasteiger partial charge in [0.2, 0.25) is 0 Å². The number of hydrogen-bond donors (Lipinski definition) is 1. The second kappa shape index (κ2) is 4.03. The van der Waals surface area contributed by atoms with E-state index in [4.69, 9.17) is 0 Å². The van der Waals surface area contributed by atoms with Crippen molar-refractivity contribution in [3.8, 4) is 0 Å². The van der Waals surface area contributed by atoms with Crippen molar-refractivity contribution in [2.45, 2.75) is 39.2 Å². The molecular formula is C12H19NS. The Morgan fingerprint density at radius 1 is 1.57 bits per heavy atom. The van der Waals surface area contributed by atoms with Crippen LogP contribution in [0.4, 0.5) is 0 Å². The summed E-state index contributed by atoms with van der Waals surface area (Å²) in [6.07, 6.45) is 4.22. The topological polar surface area (TPSA) is 12.0 Å². The smallest absolute Gasteiger partial charge is 0.0386 e. The van der Waals surface area contributed by atoms with E-state index in [1.165, 1.54) is 30.7 Å². The highest BCUT2D eigenvalue weighted by Crippen LogP contribution is 2.39. The molecule has 0 aliphatic heterocycles. The van der Waals surface area contributed by atoms with E-state index in [1.54, 1.807) is 0 Å². The maximum absolute atomic E-state index is 3.64. The molecule has 14 heavy (non-hydrogen) atoms. The number of rotatable bonds is 4. The zero-order valence-corrected chi connectivity index (χ0v) is 9.86. The van der Waals surface area contributed by atoms with E-state index in [0.717, 1.165) is 0 Å². The summed E-state index contributed by atoms with van der Waals surface area (Å²) >= 11 is 1.84. The van der Waals surface area contributed by atoms with E-state index in [-0.39, 0.29) is 0 Å². The monoisotopic (exact) mass is 209 g/mol. The lowest BCUT2D eigenvalue weighted by Crippen LogP contribution is -2.38. The molecule has 0 bridgehead atoms. The lowest BCUT2D eigenvalue weighted by Gasteiger charge is -2.39. The van der Waals surface area contributed by atoms with Crippen LogP contribution in [0.25, 0.3) is 0 Å². The molecule has 0 radical (unpaired) electrons. The molecule has 78 valence electrons. The predicted octanol–water partition coefficient (Wildman–Crippen LogP) is 3.59. The van der Waals surface area contributed by atoms with Gasteiger partial charge in [0.15, 0.2) is 0 Å². The first kappa shape index (κ1) is 10.2. The van der Waals surface area contributed by atoms with Gasteiger partial charge in [-0.25, -0.2) is 0 Å². The lowest BCUT2D eigenvalue weighted by atomic mass is 9.70. The molecule has 1 aliphatic carbocycles. The fraction of sp³-hybridized carbons (Fsp3) is 0.667. The Bertz CT molecular complexity index is 275. The van der Waals surface area contributed by atoms with Crippen LogP contribution in [0.3, 0.4) is 0 Å². The minimum Gasteiger partial charge on any atom is -0.309 e. The molecule has 1 unspecified atom stereocenters. The SMILES string of the molecule is CC(NCC1(C)CCC1)c1cccs1. The molecule has 0 aromatic carbocycles. The van der Waals surface area contributed by atoms with Crippen molar-refractivity contribution in [1.29, 1.82) is 0 Å². The van der Waals surface area contributed by atoms with Gasteiger partial charge in [-0.1, -0.05) is 19.4 Å². The van der Waals surface area contributed by atoms with Crippen molar-refractivity contribution < 1.29 is 0 Å². The zero-order valence-electron chi connectivity index (χ0n) is 9.05. The lowest BCUT2D eigenvalue weighted by molar-refractivity contribution is 0.152. The maximum atomic E-state index is 3.64. The van der Waals surface area contributed by atoms with Gasteiger partial charge >= 0.3 is 0 Å². The molecular weight excluding hydrogens is 190 g/mol. The number of nitrogens with one attached hydrogen (secondary N) is 1. The largest absolute Gasteiger partial charge is 0.309 e. The van der Waals surface area contributed by atoms with E-state index in [0.29, 0.717) is 11.5 Å². The summed E-state index contributed by atoms with van der Waals surface area (Å²) in [5, 5.41) is 5.79. The van der Waals surface area contributed by atoms with Gasteiger partial charge in [0.1, 0.15) is 0 Å². The van der Waals surface area contributed by atoms with Gasteiger partial charge in [-0.3, -0.25) is 0 Å². The summed E-state index contributed by atoms with van der Waals surface area (Å²) < 4.78 is 0. The standard InChI is InChI=1S/C12H19NS/c1-10(11-5-3-8-14-11)13-9-12(2)6-4-7-12/h3,5,8,10,13H,4,6-7,9H2,1-2H3. The van der Waals surface area contributed by atoms with E-state index < -0.39 is 0 Å². The van der Waals surface area contributed by atoms with Crippen LogP contribution in [0.5, 0.6) is 0 Å². The Hall–Kier alpha value is -0.340. The minimum absolute atomic E-state index is 0.521. The quantitative estimate of drug-likeness (QED) is 0.799. The molecule has 0 amide bonds. The van der Waals surface area contributed by atoms with Crippen molar-refractivity contribution in [2.24, 2.45) is 5.41 Å². The van der Waals surface area contributed by atoms with Gasteiger partial charge in [-0.05, 0) is 36.6 Å². The highest BCUT2D eigenvalue weighted by Gasteiger charge is 2.31. The first-order valence-corrected chi connectivity index (χ1v) is 6.34. The van der Waals surface area contributed by atoms with Gasteiger partial charge in [0.25, 0.3) is 0 Å². The molecule has 1 saturated carbocycles. The Labute approximate surface area is 90.5 Å². The highest BCUT2D eigenvalue weighted by atomic mass is 32.1. The normalized spacial score (nSPS) is 21.6. The molecule has 1 atom stereocenters. The summed E-state index contributed by atoms with van der Waals surface area (Å²) in [5.74, 6) is 0. The molecule has 1 aliphatic rings. The molecule has 2 rings (SSSR count). The number of thiophene rings is 1. The fourth-order valence-electron chi connectivity index (χ4n) is 1.99. The molecule has 1 nitrogen and oxygen atoms in total. The molecule has 0 spiro atoms. The Kier molecular flexibility index (Phi) is 2.93. The van der Waals surface area contributed by atoms with Crippen molar-refractivity contribution in [2.75, 3.05) is 6.54 Å². The summed E-state index contributed by atoms with van der Waals surface area (Å²) in [5.41, 5.74) is 0.589. The molecule has 1 aromatic rings. The maximum Gasteiger partial charge on any atom is 0.0386 e. The van der Waals surface area contributed by atoms with E-state index in [1.807, 2.05) is 11.3 Å². The summed E-state index contributed by atoms with van der Waals surface area (Å²) in [6.45, 7) is 5.82. The first-order chi connectivity index (χ1) is 6.70. The summed E-state index contributed by atoms with van der Waals surface area (Å²) in [4.78, 5) is 1.45. The van der Waals surface area contributed by atoms with E-state index in [2.05, 4.69) is 36.7 Å². The Morgan fingerprint density at radius 3 is 2.86 bits per heavy atom. The summed E-state index contributed by atoms with van der Waals surface area (Å²) in [7, 11) is 0.